The van der Waals surface area contributed by atoms with E-state index in [1.807, 2.05) is 55.4 Å². The van der Waals surface area contributed by atoms with Crippen molar-refractivity contribution in [3.8, 4) is 0 Å². The van der Waals surface area contributed by atoms with Gasteiger partial charge in [-0.1, -0.05) is 24.3 Å². The first-order valence-corrected chi connectivity index (χ1v) is 4.86. The van der Waals surface area contributed by atoms with Crippen LogP contribution in [-0.2, 0) is 4.79 Å². The molecule has 3 nitrogen and oxygen atoms in total. The van der Waals surface area contributed by atoms with E-state index in [0.29, 0.717) is 0 Å². The highest BCUT2D eigenvalue weighted by molar-refractivity contribution is 5.99. The van der Waals surface area contributed by atoms with Crippen LogP contribution in [0.2, 0.25) is 0 Å². The predicted molar refractivity (Wildman–Crippen MR) is 62.8 cm³/mol. The highest BCUT2D eigenvalue weighted by atomic mass is 16.1. The molecule has 1 N–H and O–H groups in total. The summed E-state index contributed by atoms with van der Waals surface area (Å²) in [4.78, 5) is 13.4. The quantitative estimate of drug-likeness (QED) is 0.758. The smallest absolute Gasteiger partial charge is 0.248 e. The van der Waals surface area contributed by atoms with E-state index in [9.17, 15) is 4.79 Å². The summed E-state index contributed by atoms with van der Waals surface area (Å²) in [6.45, 7) is 0.766. The van der Waals surface area contributed by atoms with Crippen LogP contribution in [0.25, 0.3) is 0 Å². The Hall–Kier alpha value is -1.61. The first kappa shape index (κ1) is 11.5. The first-order valence-electron chi connectivity index (χ1n) is 4.86. The molecule has 0 heterocycles. The van der Waals surface area contributed by atoms with Crippen molar-refractivity contribution < 1.29 is 4.79 Å². The molecule has 0 spiro atoms. The number of rotatable bonds is 4. The second-order valence-electron chi connectivity index (χ2n) is 3.52. The molecule has 0 aliphatic heterocycles. The highest BCUT2D eigenvalue weighted by Crippen LogP contribution is 2.04. The van der Waals surface area contributed by atoms with Crippen molar-refractivity contribution in [3.05, 3.63) is 42.5 Å². The van der Waals surface area contributed by atoms with Gasteiger partial charge >= 0.3 is 0 Å². The molecule has 3 heteroatoms. The Kier molecular flexibility index (Phi) is 4.57. The van der Waals surface area contributed by atoms with Gasteiger partial charge in [-0.25, -0.2) is 0 Å². The molecule has 0 bridgehead atoms. The Labute approximate surface area is 90.4 Å². The minimum atomic E-state index is -0.0944. The highest BCUT2D eigenvalue weighted by Gasteiger charge is 1.95. The van der Waals surface area contributed by atoms with E-state index in [0.717, 1.165) is 12.2 Å². The van der Waals surface area contributed by atoms with Crippen LogP contribution in [0.4, 0.5) is 5.69 Å². The van der Waals surface area contributed by atoms with Gasteiger partial charge in [0, 0.05) is 18.3 Å². The third-order valence-electron chi connectivity index (χ3n) is 1.78. The van der Waals surface area contributed by atoms with Crippen LogP contribution >= 0.6 is 0 Å². The number of nitrogens with one attached hydrogen (secondary N) is 1. The Morgan fingerprint density at radius 3 is 2.60 bits per heavy atom. The lowest BCUT2D eigenvalue weighted by molar-refractivity contribution is -0.111. The molecule has 1 amide bonds. The standard InChI is InChI=1S/C12H16N2O/c1-14(2)10-6-9-12(15)13-11-7-4-3-5-8-11/h3-9H,10H2,1-2H3,(H,13,15)/b9-6+. The molecule has 1 aromatic carbocycles. The van der Waals surface area contributed by atoms with Gasteiger partial charge in [-0.3, -0.25) is 4.79 Å². The summed E-state index contributed by atoms with van der Waals surface area (Å²) >= 11 is 0. The number of nitrogens with zero attached hydrogens (tertiary/aromatic N) is 1. The van der Waals surface area contributed by atoms with Crippen LogP contribution in [0, 0.1) is 0 Å². The van der Waals surface area contributed by atoms with Crippen molar-refractivity contribution in [1.82, 2.24) is 4.90 Å². The van der Waals surface area contributed by atoms with E-state index in [-0.39, 0.29) is 5.91 Å². The number of hydrogen-bond donors (Lipinski definition) is 1. The van der Waals surface area contributed by atoms with E-state index in [4.69, 9.17) is 0 Å². The number of carbonyl (C=O) groups excluding carboxylic acids is 1. The summed E-state index contributed by atoms with van der Waals surface area (Å²) in [6, 6.07) is 9.41. The second-order valence-corrected chi connectivity index (χ2v) is 3.52. The maximum absolute atomic E-state index is 11.4. The number of benzene rings is 1. The number of amides is 1. The van der Waals surface area contributed by atoms with Gasteiger partial charge in [-0.15, -0.1) is 0 Å². The molecule has 0 fully saturated rings. The van der Waals surface area contributed by atoms with Crippen LogP contribution in [0.1, 0.15) is 0 Å². The summed E-state index contributed by atoms with van der Waals surface area (Å²) in [7, 11) is 3.92. The van der Waals surface area contributed by atoms with Crippen LogP contribution in [0.5, 0.6) is 0 Å². The van der Waals surface area contributed by atoms with E-state index < -0.39 is 0 Å². The van der Waals surface area contributed by atoms with Gasteiger partial charge in [0.1, 0.15) is 0 Å². The zero-order valence-corrected chi connectivity index (χ0v) is 9.10. The minimum absolute atomic E-state index is 0.0944. The van der Waals surface area contributed by atoms with Gasteiger partial charge in [0.15, 0.2) is 0 Å². The molecule has 1 rings (SSSR count). The first-order chi connectivity index (χ1) is 7.18. The molecule has 0 aliphatic rings. The Morgan fingerprint density at radius 2 is 2.00 bits per heavy atom. The van der Waals surface area contributed by atoms with Crippen molar-refractivity contribution in [2.75, 3.05) is 26.0 Å². The summed E-state index contributed by atoms with van der Waals surface area (Å²) in [5, 5.41) is 2.77. The molecule has 0 aliphatic carbocycles. The third-order valence-corrected chi connectivity index (χ3v) is 1.78. The van der Waals surface area contributed by atoms with Gasteiger partial charge in [0.25, 0.3) is 0 Å². The van der Waals surface area contributed by atoms with Crippen molar-refractivity contribution in [2.24, 2.45) is 0 Å². The average molecular weight is 204 g/mol. The lowest BCUT2D eigenvalue weighted by Gasteiger charge is -2.04. The lowest BCUT2D eigenvalue weighted by Crippen LogP contribution is -2.12. The molecule has 0 saturated heterocycles. The number of anilines is 1. The molecule has 0 radical (unpaired) electrons. The van der Waals surface area contributed by atoms with Gasteiger partial charge in [0.2, 0.25) is 5.91 Å². The topological polar surface area (TPSA) is 32.3 Å². The average Bonchev–Trinajstić information content (AvgIpc) is 2.18. The third kappa shape index (κ3) is 4.98. The maximum atomic E-state index is 11.4. The van der Waals surface area contributed by atoms with Crippen LogP contribution < -0.4 is 5.32 Å². The van der Waals surface area contributed by atoms with Gasteiger partial charge in [0.05, 0.1) is 0 Å². The zero-order valence-electron chi connectivity index (χ0n) is 9.10. The fourth-order valence-corrected chi connectivity index (χ4v) is 1.08. The SMILES string of the molecule is CN(C)C/C=C/C(=O)Nc1ccccc1. The number of carbonyl (C=O) groups is 1. The van der Waals surface area contributed by atoms with Crippen LogP contribution in [0.3, 0.4) is 0 Å². The largest absolute Gasteiger partial charge is 0.323 e. The molecule has 0 saturated carbocycles. The molecule has 15 heavy (non-hydrogen) atoms. The Bertz CT molecular complexity index is 331. The van der Waals surface area contributed by atoms with Crippen LogP contribution in [-0.4, -0.2) is 31.4 Å². The van der Waals surface area contributed by atoms with Crippen molar-refractivity contribution in [1.29, 1.82) is 0 Å². The summed E-state index contributed by atoms with van der Waals surface area (Å²) in [5.74, 6) is -0.0944. The number of likely N-dealkylation sites (N-methyl/N-ethyl adjacent to an activating group) is 1. The molecule has 0 atom stereocenters. The monoisotopic (exact) mass is 204 g/mol. The molecule has 80 valence electrons. The van der Waals surface area contributed by atoms with Gasteiger partial charge in [-0.2, -0.15) is 0 Å². The molecule has 0 aromatic heterocycles. The van der Waals surface area contributed by atoms with E-state index in [1.165, 1.54) is 0 Å². The lowest BCUT2D eigenvalue weighted by atomic mass is 10.3. The second kappa shape index (κ2) is 5.98. The van der Waals surface area contributed by atoms with E-state index in [1.54, 1.807) is 6.08 Å². The van der Waals surface area contributed by atoms with E-state index >= 15 is 0 Å². The molecule has 1 aromatic rings. The van der Waals surface area contributed by atoms with Crippen molar-refractivity contribution in [3.63, 3.8) is 0 Å². The summed E-state index contributed by atoms with van der Waals surface area (Å²) in [6.07, 6.45) is 3.38. The van der Waals surface area contributed by atoms with Gasteiger partial charge < -0.3 is 10.2 Å². The van der Waals surface area contributed by atoms with Crippen LogP contribution in [0.15, 0.2) is 42.5 Å². The minimum Gasteiger partial charge on any atom is -0.323 e. The maximum Gasteiger partial charge on any atom is 0.248 e. The fraction of sp³-hybridized carbons (Fsp3) is 0.250. The van der Waals surface area contributed by atoms with Crippen molar-refractivity contribution >= 4 is 11.6 Å². The fourth-order valence-electron chi connectivity index (χ4n) is 1.08. The van der Waals surface area contributed by atoms with E-state index in [2.05, 4.69) is 5.32 Å². The number of hydrogen-bond acceptors (Lipinski definition) is 2. The zero-order chi connectivity index (χ0) is 11.1. The molecular formula is C12H16N2O. The molecular weight excluding hydrogens is 188 g/mol. The summed E-state index contributed by atoms with van der Waals surface area (Å²) < 4.78 is 0. The summed E-state index contributed by atoms with van der Waals surface area (Å²) in [5.41, 5.74) is 0.817. The van der Waals surface area contributed by atoms with Gasteiger partial charge in [-0.05, 0) is 26.2 Å². The number of para-hydroxylation sites is 1. The Balaban J connectivity index is 2.40. The Morgan fingerprint density at radius 1 is 1.33 bits per heavy atom. The molecule has 0 unspecified atom stereocenters. The normalized spacial score (nSPS) is 10.9. The predicted octanol–water partition coefficient (Wildman–Crippen LogP) is 1.74. The van der Waals surface area contributed by atoms with Crippen molar-refractivity contribution in [2.45, 2.75) is 0 Å².